The van der Waals surface area contributed by atoms with Gasteiger partial charge in [-0.3, -0.25) is 4.65 Å². The van der Waals surface area contributed by atoms with E-state index >= 15 is 0 Å². The SMILES string of the molecule is CCOC(=O)c1c(CCc2ccc(C(F)(F)F)cc2)nc2c(c1-c1ccc(C(=O)O)cc1)C(=O)[N+]1([O-])CCC[C@@H]21. The van der Waals surface area contributed by atoms with Crippen LogP contribution >= 0.6 is 0 Å². The van der Waals surface area contributed by atoms with E-state index in [4.69, 9.17) is 4.74 Å². The molecule has 40 heavy (non-hydrogen) atoms. The molecule has 2 aliphatic rings. The minimum Gasteiger partial charge on any atom is -0.624 e. The molecule has 1 unspecified atom stereocenters. The van der Waals surface area contributed by atoms with Gasteiger partial charge in [-0.25, -0.2) is 19.4 Å². The smallest absolute Gasteiger partial charge is 0.416 e. The number of halogens is 3. The number of hydroxylamine groups is 3. The maximum absolute atomic E-state index is 13.7. The zero-order valence-electron chi connectivity index (χ0n) is 21.5. The lowest BCUT2D eigenvalue weighted by Gasteiger charge is -2.35. The van der Waals surface area contributed by atoms with Crippen molar-refractivity contribution in [1.82, 2.24) is 4.98 Å². The van der Waals surface area contributed by atoms with Crippen molar-refractivity contribution in [2.45, 2.75) is 44.8 Å². The van der Waals surface area contributed by atoms with E-state index in [9.17, 15) is 37.9 Å². The van der Waals surface area contributed by atoms with Crippen molar-refractivity contribution in [3.05, 3.63) is 92.9 Å². The van der Waals surface area contributed by atoms with Gasteiger partial charge in [-0.15, -0.1) is 0 Å². The van der Waals surface area contributed by atoms with Crippen LogP contribution in [0.25, 0.3) is 11.1 Å². The largest absolute Gasteiger partial charge is 0.624 e. The number of alkyl halides is 3. The summed E-state index contributed by atoms with van der Waals surface area (Å²) in [7, 11) is 0. The Morgan fingerprint density at radius 3 is 2.35 bits per heavy atom. The minimum atomic E-state index is -4.47. The molecule has 0 bridgehead atoms. The van der Waals surface area contributed by atoms with Gasteiger partial charge < -0.3 is 15.1 Å². The lowest BCUT2D eigenvalue weighted by Crippen LogP contribution is -2.41. The Labute approximate surface area is 227 Å². The maximum atomic E-state index is 13.7. The summed E-state index contributed by atoms with van der Waals surface area (Å²) in [6.07, 6.45) is -3.16. The number of aryl methyl sites for hydroxylation is 2. The van der Waals surface area contributed by atoms with Crippen molar-refractivity contribution in [3.8, 4) is 11.1 Å². The number of carbonyl (C=O) groups is 3. The zero-order valence-corrected chi connectivity index (χ0v) is 21.5. The quantitative estimate of drug-likeness (QED) is 0.225. The molecule has 11 heteroatoms. The number of aromatic carboxylic acids is 1. The third kappa shape index (κ3) is 4.65. The standard InChI is InChI=1S/C29H25F3N2O6/c1-2-40-28(38)23-20(14-7-16-5-12-19(13-6-16)29(30,31)32)33-25-21-4-3-15-34(21,39)26(35)24(25)22(23)17-8-10-18(11-9-17)27(36)37/h5-6,8-13,21H,2-4,7,14-15H2,1H3,(H,36,37)/t21-,34?/m0/s1. The molecule has 8 nitrogen and oxygen atoms in total. The molecule has 1 amide bonds. The second-order valence-corrected chi connectivity index (χ2v) is 9.85. The van der Waals surface area contributed by atoms with Gasteiger partial charge >= 0.3 is 24.0 Å². The van der Waals surface area contributed by atoms with E-state index in [2.05, 4.69) is 4.98 Å². The molecule has 0 spiro atoms. The number of fused-ring (bicyclic) bond motifs is 3. The number of hydrogen-bond donors (Lipinski definition) is 1. The molecular weight excluding hydrogens is 529 g/mol. The van der Waals surface area contributed by atoms with Crippen LogP contribution in [0.1, 0.15) is 79.4 Å². The average Bonchev–Trinajstić information content (AvgIpc) is 3.41. The summed E-state index contributed by atoms with van der Waals surface area (Å²) in [5, 5.41) is 23.0. The first-order chi connectivity index (χ1) is 19.0. The number of hydrogen-bond acceptors (Lipinski definition) is 6. The molecule has 1 N–H and O–H groups in total. The van der Waals surface area contributed by atoms with Gasteiger partial charge in [-0.2, -0.15) is 13.2 Å². The van der Waals surface area contributed by atoms with Crippen LogP contribution in [0.15, 0.2) is 48.5 Å². The molecule has 0 radical (unpaired) electrons. The van der Waals surface area contributed by atoms with Gasteiger partial charge in [0.15, 0.2) is 0 Å². The molecular formula is C29H25F3N2O6. The topological polar surface area (TPSA) is 117 Å². The fraction of sp³-hybridized carbons (Fsp3) is 0.310. The minimum absolute atomic E-state index is 0.00562. The van der Waals surface area contributed by atoms with Gasteiger partial charge in [0.1, 0.15) is 17.3 Å². The van der Waals surface area contributed by atoms with Crippen molar-refractivity contribution >= 4 is 17.8 Å². The molecule has 3 aromatic rings. The normalized spacial score (nSPS) is 19.8. The third-order valence-electron chi connectivity index (χ3n) is 7.48. The Morgan fingerprint density at radius 2 is 1.75 bits per heavy atom. The maximum Gasteiger partial charge on any atom is 0.416 e. The fourth-order valence-corrected chi connectivity index (χ4v) is 5.56. The van der Waals surface area contributed by atoms with Crippen LogP contribution in [-0.2, 0) is 23.8 Å². The highest BCUT2D eigenvalue weighted by Crippen LogP contribution is 2.50. The fourth-order valence-electron chi connectivity index (χ4n) is 5.56. The molecule has 1 fully saturated rings. The zero-order chi connectivity index (χ0) is 28.8. The molecule has 0 aliphatic carbocycles. The molecule has 2 atom stereocenters. The van der Waals surface area contributed by atoms with E-state index in [0.717, 1.165) is 12.1 Å². The number of carbonyl (C=O) groups excluding carboxylic acids is 2. The van der Waals surface area contributed by atoms with E-state index in [0.29, 0.717) is 24.0 Å². The van der Waals surface area contributed by atoms with Gasteiger partial charge in [-0.05, 0) is 55.2 Å². The van der Waals surface area contributed by atoms with Crippen LogP contribution in [0.2, 0.25) is 0 Å². The number of esters is 1. The summed E-state index contributed by atoms with van der Waals surface area (Å²) in [5.74, 6) is -2.63. The second kappa shape index (κ2) is 10.1. The van der Waals surface area contributed by atoms with Crippen LogP contribution in [0.3, 0.4) is 0 Å². The Bertz CT molecular complexity index is 1500. The summed E-state index contributed by atoms with van der Waals surface area (Å²) < 4.78 is 43.2. The first-order valence-corrected chi connectivity index (χ1v) is 12.8. The summed E-state index contributed by atoms with van der Waals surface area (Å²) in [6.45, 7) is 1.71. The molecule has 1 aromatic heterocycles. The number of rotatable bonds is 7. The second-order valence-electron chi connectivity index (χ2n) is 9.85. The van der Waals surface area contributed by atoms with Crippen molar-refractivity contribution in [1.29, 1.82) is 0 Å². The van der Waals surface area contributed by atoms with E-state index < -0.39 is 40.3 Å². The van der Waals surface area contributed by atoms with E-state index in [1.54, 1.807) is 6.92 Å². The van der Waals surface area contributed by atoms with Crippen molar-refractivity contribution in [2.24, 2.45) is 0 Å². The Hall–Kier alpha value is -4.09. The number of nitrogens with zero attached hydrogens (tertiary/aromatic N) is 2. The average molecular weight is 555 g/mol. The summed E-state index contributed by atoms with van der Waals surface area (Å²) in [6, 6.07) is 9.53. The van der Waals surface area contributed by atoms with E-state index in [-0.39, 0.29) is 59.6 Å². The van der Waals surface area contributed by atoms with Gasteiger partial charge in [-0.1, -0.05) is 24.3 Å². The van der Waals surface area contributed by atoms with Crippen LogP contribution in [0.5, 0.6) is 0 Å². The van der Waals surface area contributed by atoms with Gasteiger partial charge in [0.25, 0.3) is 0 Å². The Morgan fingerprint density at radius 1 is 1.07 bits per heavy atom. The lowest BCUT2D eigenvalue weighted by molar-refractivity contribution is -0.812. The number of pyridine rings is 1. The summed E-state index contributed by atoms with van der Waals surface area (Å²) in [4.78, 5) is 43.1. The molecule has 1 saturated heterocycles. The first-order valence-electron chi connectivity index (χ1n) is 12.8. The monoisotopic (exact) mass is 554 g/mol. The van der Waals surface area contributed by atoms with Gasteiger partial charge in [0.05, 0.1) is 35.5 Å². The van der Waals surface area contributed by atoms with E-state index in [1.165, 1.54) is 36.4 Å². The van der Waals surface area contributed by atoms with Gasteiger partial charge in [0, 0.05) is 18.4 Å². The van der Waals surface area contributed by atoms with Crippen LogP contribution in [0, 0.1) is 5.21 Å². The highest BCUT2D eigenvalue weighted by molar-refractivity contribution is 6.08. The number of benzene rings is 2. The number of carboxylic acid groups (broad SMARTS) is 1. The Kier molecular flexibility index (Phi) is 6.97. The molecule has 5 rings (SSSR count). The van der Waals surface area contributed by atoms with Crippen molar-refractivity contribution in [2.75, 3.05) is 13.2 Å². The predicted octanol–water partition coefficient (Wildman–Crippen LogP) is 5.73. The van der Waals surface area contributed by atoms with E-state index in [1.807, 2.05) is 0 Å². The predicted molar refractivity (Wildman–Crippen MR) is 136 cm³/mol. The van der Waals surface area contributed by atoms with Crippen LogP contribution < -0.4 is 0 Å². The number of quaternary nitrogens is 1. The molecule has 0 saturated carbocycles. The summed E-state index contributed by atoms with van der Waals surface area (Å²) >= 11 is 0. The first kappa shape index (κ1) is 27.5. The van der Waals surface area contributed by atoms with Crippen molar-refractivity contribution < 1.29 is 42.0 Å². The summed E-state index contributed by atoms with van der Waals surface area (Å²) in [5.41, 5.74) is 0.848. The highest BCUT2D eigenvalue weighted by atomic mass is 19.4. The lowest BCUT2D eigenvalue weighted by atomic mass is 9.89. The third-order valence-corrected chi connectivity index (χ3v) is 7.48. The highest BCUT2D eigenvalue weighted by Gasteiger charge is 2.54. The number of amides is 1. The number of aromatic nitrogens is 1. The molecule has 208 valence electrons. The number of ether oxygens (including phenoxy) is 1. The van der Waals surface area contributed by atoms with Crippen LogP contribution in [0.4, 0.5) is 13.2 Å². The van der Waals surface area contributed by atoms with Crippen molar-refractivity contribution in [3.63, 3.8) is 0 Å². The molecule has 2 aliphatic heterocycles. The van der Waals surface area contributed by atoms with Gasteiger partial charge in [0.2, 0.25) is 0 Å². The number of carboxylic acids is 1. The van der Waals surface area contributed by atoms with Crippen LogP contribution in [-0.4, -0.2) is 45.7 Å². The molecule has 2 aromatic carbocycles. The molecule has 3 heterocycles. The Balaban J connectivity index is 1.67.